The Hall–Kier alpha value is -1.31. The molecule has 6 nitrogen and oxygen atoms in total. The van der Waals surface area contributed by atoms with Crippen LogP contribution in [0.15, 0.2) is 18.2 Å². The first-order chi connectivity index (χ1) is 12.0. The average molecular weight is 368 g/mol. The second kappa shape index (κ2) is 7.51. The summed E-state index contributed by atoms with van der Waals surface area (Å²) < 4.78 is 40.7. The van der Waals surface area contributed by atoms with Crippen LogP contribution in [0.2, 0.25) is 0 Å². The van der Waals surface area contributed by atoms with Crippen molar-refractivity contribution in [1.29, 1.82) is 0 Å². The van der Waals surface area contributed by atoms with Gasteiger partial charge in [-0.1, -0.05) is 6.42 Å². The summed E-state index contributed by atoms with van der Waals surface area (Å²) in [6.07, 6.45) is 4.81. The lowest BCUT2D eigenvalue weighted by atomic mass is 10.1. The highest BCUT2D eigenvalue weighted by Crippen LogP contribution is 2.36. The van der Waals surface area contributed by atoms with Gasteiger partial charge in [0, 0.05) is 30.7 Å². The number of ether oxygens (including phenoxy) is 2. The Morgan fingerprint density at radius 3 is 2.52 bits per heavy atom. The molecule has 1 aliphatic carbocycles. The third-order valence-corrected chi connectivity index (χ3v) is 7.26. The van der Waals surface area contributed by atoms with E-state index < -0.39 is 10.2 Å². The molecular weight excluding hydrogens is 340 g/mol. The first-order valence-corrected chi connectivity index (χ1v) is 10.4. The second-order valence-corrected chi connectivity index (χ2v) is 8.75. The quantitative estimate of drug-likeness (QED) is 0.743. The molecule has 1 atom stereocenters. The lowest BCUT2D eigenvalue weighted by molar-refractivity contribution is 0.239. The molecule has 1 heterocycles. The van der Waals surface area contributed by atoms with E-state index in [9.17, 15) is 8.42 Å². The van der Waals surface area contributed by atoms with Crippen LogP contribution in [0.3, 0.4) is 0 Å². The first-order valence-electron chi connectivity index (χ1n) is 8.97. The molecule has 0 amide bonds. The second-order valence-electron chi connectivity index (χ2n) is 6.92. The topological polar surface area (TPSA) is 59.1 Å². The van der Waals surface area contributed by atoms with E-state index in [1.807, 2.05) is 25.1 Å². The molecule has 0 N–H and O–H groups in total. The first kappa shape index (κ1) is 18.5. The van der Waals surface area contributed by atoms with Gasteiger partial charge in [-0.3, -0.25) is 0 Å². The van der Waals surface area contributed by atoms with Crippen LogP contribution in [0.5, 0.6) is 11.5 Å². The van der Waals surface area contributed by atoms with Crippen molar-refractivity contribution in [3.63, 3.8) is 0 Å². The van der Waals surface area contributed by atoms with Crippen molar-refractivity contribution in [3.05, 3.63) is 23.8 Å². The van der Waals surface area contributed by atoms with Crippen molar-refractivity contribution in [3.8, 4) is 11.5 Å². The SMILES string of the molecule is COc1ccc(OC)c(CN(C2CC2)S(=O)(=O)N2CCCCC2C)c1. The molecule has 2 aliphatic rings. The Morgan fingerprint density at radius 2 is 1.92 bits per heavy atom. The van der Waals surface area contributed by atoms with Gasteiger partial charge >= 0.3 is 0 Å². The number of benzene rings is 1. The zero-order chi connectivity index (χ0) is 18.0. The van der Waals surface area contributed by atoms with Crippen molar-refractivity contribution in [2.24, 2.45) is 0 Å². The number of piperidine rings is 1. The summed E-state index contributed by atoms with van der Waals surface area (Å²) in [4.78, 5) is 0. The Balaban J connectivity index is 1.89. The predicted octanol–water partition coefficient (Wildman–Crippen LogP) is 2.79. The van der Waals surface area contributed by atoms with E-state index in [-0.39, 0.29) is 12.1 Å². The minimum Gasteiger partial charge on any atom is -0.497 e. The largest absolute Gasteiger partial charge is 0.497 e. The standard InChI is InChI=1S/C18H28N2O4S/c1-14-6-4-5-11-19(14)25(21,22)20(16-7-8-16)13-15-12-17(23-2)9-10-18(15)24-3/h9-10,12,14,16H,4-8,11,13H2,1-3H3. The van der Waals surface area contributed by atoms with Gasteiger partial charge in [-0.05, 0) is 50.8 Å². The molecule has 1 saturated heterocycles. The number of hydrogen-bond acceptors (Lipinski definition) is 4. The van der Waals surface area contributed by atoms with Crippen molar-refractivity contribution >= 4 is 10.2 Å². The summed E-state index contributed by atoms with van der Waals surface area (Å²) in [6.45, 7) is 2.94. The van der Waals surface area contributed by atoms with Crippen LogP contribution in [0.25, 0.3) is 0 Å². The van der Waals surface area contributed by atoms with Gasteiger partial charge in [-0.15, -0.1) is 0 Å². The summed E-state index contributed by atoms with van der Waals surface area (Å²) in [5, 5.41) is 0. The zero-order valence-corrected chi connectivity index (χ0v) is 16.1. The lowest BCUT2D eigenvalue weighted by Gasteiger charge is -2.36. The van der Waals surface area contributed by atoms with Crippen LogP contribution >= 0.6 is 0 Å². The van der Waals surface area contributed by atoms with Gasteiger partial charge in [0.05, 0.1) is 14.2 Å². The Bertz CT molecular complexity index is 703. The van der Waals surface area contributed by atoms with Crippen molar-refractivity contribution in [1.82, 2.24) is 8.61 Å². The summed E-state index contributed by atoms with van der Waals surface area (Å²) in [7, 11) is -0.270. The highest BCUT2D eigenvalue weighted by molar-refractivity contribution is 7.86. The van der Waals surface area contributed by atoms with Gasteiger partial charge in [0.2, 0.25) is 0 Å². The number of rotatable bonds is 7. The summed E-state index contributed by atoms with van der Waals surface area (Å²) in [5.41, 5.74) is 0.835. The lowest BCUT2D eigenvalue weighted by Crippen LogP contribution is -2.50. The average Bonchev–Trinajstić information content (AvgIpc) is 3.44. The molecule has 0 bridgehead atoms. The van der Waals surface area contributed by atoms with Crippen LogP contribution in [0.4, 0.5) is 0 Å². The molecule has 7 heteroatoms. The van der Waals surface area contributed by atoms with Gasteiger partial charge in [0.25, 0.3) is 10.2 Å². The van der Waals surface area contributed by atoms with Crippen LogP contribution < -0.4 is 9.47 Å². The fourth-order valence-corrected chi connectivity index (χ4v) is 5.56. The maximum Gasteiger partial charge on any atom is 0.282 e. The van der Waals surface area contributed by atoms with Crippen molar-refractivity contribution < 1.29 is 17.9 Å². The molecule has 0 spiro atoms. The smallest absolute Gasteiger partial charge is 0.282 e. The molecule has 2 fully saturated rings. The Labute approximate surface area is 150 Å². The Kier molecular flexibility index (Phi) is 5.55. The van der Waals surface area contributed by atoms with Gasteiger partial charge in [0.1, 0.15) is 11.5 Å². The maximum atomic E-state index is 13.3. The third-order valence-electron chi connectivity index (χ3n) is 5.10. The highest BCUT2D eigenvalue weighted by Gasteiger charge is 2.42. The van der Waals surface area contributed by atoms with Crippen molar-refractivity contribution in [2.45, 2.75) is 57.7 Å². The molecule has 1 aromatic rings. The fourth-order valence-electron chi connectivity index (χ4n) is 3.48. The van der Waals surface area contributed by atoms with Gasteiger partial charge in [0.15, 0.2) is 0 Å². The van der Waals surface area contributed by atoms with E-state index in [2.05, 4.69) is 0 Å². The van der Waals surface area contributed by atoms with Gasteiger partial charge in [-0.2, -0.15) is 17.0 Å². The van der Waals surface area contributed by atoms with Crippen LogP contribution in [0.1, 0.15) is 44.6 Å². The molecule has 1 aliphatic heterocycles. The molecule has 25 heavy (non-hydrogen) atoms. The zero-order valence-electron chi connectivity index (χ0n) is 15.3. The number of hydrogen-bond donors (Lipinski definition) is 0. The predicted molar refractivity (Wildman–Crippen MR) is 97.0 cm³/mol. The fraction of sp³-hybridized carbons (Fsp3) is 0.667. The van der Waals surface area contributed by atoms with E-state index in [1.54, 1.807) is 22.8 Å². The normalized spacial score (nSPS) is 22.2. The van der Waals surface area contributed by atoms with E-state index in [1.165, 1.54) is 0 Å². The molecule has 0 aromatic heterocycles. The molecule has 1 aromatic carbocycles. The van der Waals surface area contributed by atoms with E-state index in [0.717, 1.165) is 37.7 Å². The molecular formula is C18H28N2O4S. The number of nitrogens with zero attached hydrogens (tertiary/aromatic N) is 2. The summed E-state index contributed by atoms with van der Waals surface area (Å²) >= 11 is 0. The summed E-state index contributed by atoms with van der Waals surface area (Å²) in [5.74, 6) is 1.39. The van der Waals surface area contributed by atoms with Crippen LogP contribution in [0, 0.1) is 0 Å². The third kappa shape index (κ3) is 3.93. The van der Waals surface area contributed by atoms with Crippen molar-refractivity contribution in [2.75, 3.05) is 20.8 Å². The molecule has 1 unspecified atom stereocenters. The van der Waals surface area contributed by atoms with E-state index in [0.29, 0.717) is 24.6 Å². The molecule has 3 rings (SSSR count). The molecule has 0 radical (unpaired) electrons. The summed E-state index contributed by atoms with van der Waals surface area (Å²) in [6, 6.07) is 5.67. The van der Waals surface area contributed by atoms with Gasteiger partial charge < -0.3 is 9.47 Å². The van der Waals surface area contributed by atoms with Crippen LogP contribution in [-0.2, 0) is 16.8 Å². The molecule has 1 saturated carbocycles. The number of methoxy groups -OCH3 is 2. The van der Waals surface area contributed by atoms with E-state index >= 15 is 0 Å². The monoisotopic (exact) mass is 368 g/mol. The van der Waals surface area contributed by atoms with Crippen LogP contribution in [-0.4, -0.2) is 49.9 Å². The molecule has 140 valence electrons. The Morgan fingerprint density at radius 1 is 1.16 bits per heavy atom. The minimum absolute atomic E-state index is 0.0622. The van der Waals surface area contributed by atoms with E-state index in [4.69, 9.17) is 9.47 Å². The highest BCUT2D eigenvalue weighted by atomic mass is 32.2. The van der Waals surface area contributed by atoms with Gasteiger partial charge in [-0.25, -0.2) is 0 Å². The minimum atomic E-state index is -3.48. The maximum absolute atomic E-state index is 13.3.